The van der Waals surface area contributed by atoms with Crippen molar-refractivity contribution >= 4 is 17.4 Å². The number of nitrogens with one attached hydrogen (secondary N) is 1. The van der Waals surface area contributed by atoms with E-state index >= 15 is 0 Å². The molecule has 5 heteroatoms. The smallest absolute Gasteiger partial charge is 0.0963 e. The van der Waals surface area contributed by atoms with Gasteiger partial charge < -0.3 is 5.43 Å². The van der Waals surface area contributed by atoms with Crippen LogP contribution in [0.3, 0.4) is 0 Å². The Bertz CT molecular complexity index is 447. The number of nitrogens with zero attached hydrogens (tertiary/aromatic N) is 2. The zero-order valence-corrected chi connectivity index (χ0v) is 9.45. The van der Waals surface area contributed by atoms with Gasteiger partial charge in [-0.05, 0) is 24.3 Å². The standard InChI is InChI=1S/C11H12N4S/c12-15-9-4-6-13-10(7-9)8-16-11-3-1-2-5-14-11/h1-7H,8,12H2,(H,13,15). The molecule has 0 saturated carbocycles. The monoisotopic (exact) mass is 232 g/mol. The van der Waals surface area contributed by atoms with Gasteiger partial charge in [0.15, 0.2) is 0 Å². The number of hydrogen-bond acceptors (Lipinski definition) is 5. The number of hydrazine groups is 1. The fourth-order valence-corrected chi connectivity index (χ4v) is 1.99. The Kier molecular flexibility index (Phi) is 3.74. The van der Waals surface area contributed by atoms with Crippen molar-refractivity contribution in [3.63, 3.8) is 0 Å². The first kappa shape index (κ1) is 10.9. The predicted octanol–water partition coefficient (Wildman–Crippen LogP) is 2.05. The molecular formula is C11H12N4S. The molecule has 0 radical (unpaired) electrons. The van der Waals surface area contributed by atoms with Crippen LogP contribution in [-0.2, 0) is 5.75 Å². The molecule has 16 heavy (non-hydrogen) atoms. The van der Waals surface area contributed by atoms with E-state index in [1.807, 2.05) is 30.3 Å². The van der Waals surface area contributed by atoms with Crippen LogP contribution in [0, 0.1) is 0 Å². The fraction of sp³-hybridized carbons (Fsp3) is 0.0909. The SMILES string of the molecule is NNc1ccnc(CSc2ccccn2)c1. The molecule has 0 unspecified atom stereocenters. The average Bonchev–Trinajstić information content (AvgIpc) is 2.38. The summed E-state index contributed by atoms with van der Waals surface area (Å²) in [6, 6.07) is 9.61. The lowest BCUT2D eigenvalue weighted by Crippen LogP contribution is -2.07. The van der Waals surface area contributed by atoms with Gasteiger partial charge in [0.05, 0.1) is 16.4 Å². The lowest BCUT2D eigenvalue weighted by Gasteiger charge is -2.03. The van der Waals surface area contributed by atoms with Crippen molar-refractivity contribution in [2.45, 2.75) is 10.8 Å². The van der Waals surface area contributed by atoms with Crippen LogP contribution >= 0.6 is 11.8 Å². The quantitative estimate of drug-likeness (QED) is 0.480. The first-order valence-corrected chi connectivity index (χ1v) is 5.82. The van der Waals surface area contributed by atoms with Gasteiger partial charge in [-0.15, -0.1) is 11.8 Å². The molecule has 0 amide bonds. The highest BCUT2D eigenvalue weighted by Gasteiger charge is 1.99. The molecule has 0 atom stereocenters. The summed E-state index contributed by atoms with van der Waals surface area (Å²) in [5.41, 5.74) is 4.45. The summed E-state index contributed by atoms with van der Waals surface area (Å²) in [6.07, 6.45) is 3.52. The third kappa shape index (κ3) is 2.95. The third-order valence-corrected chi connectivity index (χ3v) is 2.97. The molecule has 0 spiro atoms. The summed E-state index contributed by atoms with van der Waals surface area (Å²) in [4.78, 5) is 8.49. The molecule has 0 bridgehead atoms. The van der Waals surface area contributed by atoms with Gasteiger partial charge in [0, 0.05) is 18.1 Å². The highest BCUT2D eigenvalue weighted by Crippen LogP contribution is 2.20. The van der Waals surface area contributed by atoms with Gasteiger partial charge in [-0.25, -0.2) is 4.98 Å². The van der Waals surface area contributed by atoms with E-state index in [1.54, 1.807) is 24.2 Å². The summed E-state index contributed by atoms with van der Waals surface area (Å²) < 4.78 is 0. The van der Waals surface area contributed by atoms with Crippen molar-refractivity contribution < 1.29 is 0 Å². The zero-order valence-electron chi connectivity index (χ0n) is 8.63. The number of thioether (sulfide) groups is 1. The Morgan fingerprint density at radius 3 is 2.88 bits per heavy atom. The van der Waals surface area contributed by atoms with Crippen molar-refractivity contribution in [2.75, 3.05) is 5.43 Å². The molecule has 4 nitrogen and oxygen atoms in total. The van der Waals surface area contributed by atoms with Crippen molar-refractivity contribution in [3.05, 3.63) is 48.4 Å². The van der Waals surface area contributed by atoms with Gasteiger partial charge in [-0.2, -0.15) is 0 Å². The second kappa shape index (κ2) is 5.48. The molecule has 0 saturated heterocycles. The maximum absolute atomic E-state index is 5.33. The zero-order chi connectivity index (χ0) is 11.2. The minimum atomic E-state index is 0.784. The Hall–Kier alpha value is -1.59. The molecular weight excluding hydrogens is 220 g/mol. The first-order chi connectivity index (χ1) is 7.88. The van der Waals surface area contributed by atoms with E-state index in [9.17, 15) is 0 Å². The number of pyridine rings is 2. The Morgan fingerprint density at radius 2 is 2.12 bits per heavy atom. The number of hydrogen-bond donors (Lipinski definition) is 2. The maximum Gasteiger partial charge on any atom is 0.0963 e. The minimum absolute atomic E-state index is 0.784. The van der Waals surface area contributed by atoms with Gasteiger partial charge in [-0.1, -0.05) is 6.07 Å². The first-order valence-electron chi connectivity index (χ1n) is 4.84. The van der Waals surface area contributed by atoms with Crippen molar-refractivity contribution in [1.29, 1.82) is 0 Å². The topological polar surface area (TPSA) is 63.8 Å². The van der Waals surface area contributed by atoms with Crippen molar-refractivity contribution in [2.24, 2.45) is 5.84 Å². The largest absolute Gasteiger partial charge is 0.324 e. The second-order valence-electron chi connectivity index (χ2n) is 3.14. The van der Waals surface area contributed by atoms with E-state index in [2.05, 4.69) is 15.4 Å². The summed E-state index contributed by atoms with van der Waals surface area (Å²) in [6.45, 7) is 0. The highest BCUT2D eigenvalue weighted by atomic mass is 32.2. The normalized spacial score (nSPS) is 10.1. The molecule has 0 fully saturated rings. The van der Waals surface area contributed by atoms with E-state index in [-0.39, 0.29) is 0 Å². The molecule has 2 heterocycles. The Balaban J connectivity index is 1.99. The molecule has 2 aromatic rings. The molecule has 0 aliphatic heterocycles. The maximum atomic E-state index is 5.33. The van der Waals surface area contributed by atoms with Crippen LogP contribution < -0.4 is 11.3 Å². The number of anilines is 1. The van der Waals surface area contributed by atoms with E-state index in [1.165, 1.54) is 0 Å². The van der Waals surface area contributed by atoms with Crippen LogP contribution in [0.1, 0.15) is 5.69 Å². The molecule has 2 aromatic heterocycles. The van der Waals surface area contributed by atoms with E-state index in [4.69, 9.17) is 5.84 Å². The molecule has 0 aliphatic rings. The highest BCUT2D eigenvalue weighted by molar-refractivity contribution is 7.98. The summed E-state index contributed by atoms with van der Waals surface area (Å²) >= 11 is 1.65. The molecule has 82 valence electrons. The van der Waals surface area contributed by atoms with Gasteiger partial charge in [-0.3, -0.25) is 10.8 Å². The van der Waals surface area contributed by atoms with E-state index in [0.29, 0.717) is 0 Å². The van der Waals surface area contributed by atoms with Crippen LogP contribution in [0.5, 0.6) is 0 Å². The van der Waals surface area contributed by atoms with Crippen LogP contribution in [0.15, 0.2) is 47.8 Å². The Labute approximate surface area is 98.3 Å². The van der Waals surface area contributed by atoms with Crippen molar-refractivity contribution in [3.8, 4) is 0 Å². The number of nitrogen functional groups attached to an aromatic ring is 1. The van der Waals surface area contributed by atoms with Gasteiger partial charge in [0.2, 0.25) is 0 Å². The molecule has 0 aromatic carbocycles. The molecule has 0 aliphatic carbocycles. The van der Waals surface area contributed by atoms with Crippen LogP contribution in [0.2, 0.25) is 0 Å². The summed E-state index contributed by atoms with van der Waals surface area (Å²) in [5.74, 6) is 6.11. The van der Waals surface area contributed by atoms with Crippen LogP contribution in [0.25, 0.3) is 0 Å². The lowest BCUT2D eigenvalue weighted by atomic mass is 10.3. The number of nitrogens with two attached hydrogens (primary N) is 1. The van der Waals surface area contributed by atoms with Crippen molar-refractivity contribution in [1.82, 2.24) is 9.97 Å². The molecule has 2 rings (SSSR count). The van der Waals surface area contributed by atoms with E-state index < -0.39 is 0 Å². The average molecular weight is 232 g/mol. The van der Waals surface area contributed by atoms with E-state index in [0.717, 1.165) is 22.2 Å². The van der Waals surface area contributed by atoms with Gasteiger partial charge >= 0.3 is 0 Å². The van der Waals surface area contributed by atoms with Crippen LogP contribution in [-0.4, -0.2) is 9.97 Å². The third-order valence-electron chi connectivity index (χ3n) is 1.99. The Morgan fingerprint density at radius 1 is 1.19 bits per heavy atom. The summed E-state index contributed by atoms with van der Waals surface area (Å²) in [5, 5.41) is 0.996. The fourth-order valence-electron chi connectivity index (χ4n) is 1.23. The van der Waals surface area contributed by atoms with Gasteiger partial charge in [0.25, 0.3) is 0 Å². The summed E-state index contributed by atoms with van der Waals surface area (Å²) in [7, 11) is 0. The second-order valence-corrected chi connectivity index (χ2v) is 4.13. The minimum Gasteiger partial charge on any atom is -0.324 e. The molecule has 3 N–H and O–H groups in total. The number of aromatic nitrogens is 2. The predicted molar refractivity (Wildman–Crippen MR) is 65.8 cm³/mol. The lowest BCUT2D eigenvalue weighted by molar-refractivity contribution is 1.12. The van der Waals surface area contributed by atoms with Gasteiger partial charge in [0.1, 0.15) is 0 Å². The van der Waals surface area contributed by atoms with Crippen LogP contribution in [0.4, 0.5) is 5.69 Å². The number of rotatable bonds is 4.